The van der Waals surface area contributed by atoms with Gasteiger partial charge in [0.05, 0.1) is 13.2 Å². The molecule has 0 aromatic heterocycles. The standard InChI is InChI=1S/C2H9N3O2/c3-5(7)4-1-2-6/h4-6H,1-3H2. The summed E-state index contributed by atoms with van der Waals surface area (Å²) in [5.74, 6) is 4.62. The molecule has 5 nitrogen and oxygen atoms in total. The number of hydrogen-bond acceptors (Lipinski definition) is 4. The molecule has 0 amide bonds. The van der Waals surface area contributed by atoms with Gasteiger partial charge in [0.1, 0.15) is 0 Å². The lowest BCUT2D eigenvalue weighted by Gasteiger charge is -2.12. The Morgan fingerprint density at radius 1 is 1.86 bits per heavy atom. The fourth-order valence-corrected chi connectivity index (χ4v) is 0.179. The molecule has 0 aromatic rings. The fourth-order valence-electron chi connectivity index (χ4n) is 0.179. The van der Waals surface area contributed by atoms with E-state index in [1.165, 1.54) is 0 Å². The van der Waals surface area contributed by atoms with E-state index in [0.717, 1.165) is 0 Å². The van der Waals surface area contributed by atoms with Gasteiger partial charge in [0.2, 0.25) is 0 Å². The summed E-state index contributed by atoms with van der Waals surface area (Å²) in [6, 6.07) is 0. The predicted molar refractivity (Wildman–Crippen MR) is 23.6 cm³/mol. The molecular formula is C2H9N3O2. The van der Waals surface area contributed by atoms with Crippen LogP contribution in [0.2, 0.25) is 0 Å². The van der Waals surface area contributed by atoms with Gasteiger partial charge in [-0.3, -0.25) is 0 Å². The zero-order valence-electron chi connectivity index (χ0n) is 3.85. The molecule has 0 spiro atoms. The van der Waals surface area contributed by atoms with E-state index in [-0.39, 0.29) is 13.2 Å². The molecule has 0 aliphatic heterocycles. The first-order chi connectivity index (χ1) is 3.27. The van der Waals surface area contributed by atoms with E-state index in [1.807, 2.05) is 0 Å². The first-order valence-corrected chi connectivity index (χ1v) is 1.91. The molecule has 0 aliphatic rings. The second-order valence-electron chi connectivity index (χ2n) is 1.01. The second-order valence-corrected chi connectivity index (χ2v) is 1.01. The lowest BCUT2D eigenvalue weighted by molar-refractivity contribution is -0.908. The second kappa shape index (κ2) is 3.97. The summed E-state index contributed by atoms with van der Waals surface area (Å²) < 4.78 is 0. The third-order valence-corrected chi connectivity index (χ3v) is 0.411. The Labute approximate surface area is 41.2 Å². The van der Waals surface area contributed by atoms with Crippen molar-refractivity contribution in [1.82, 2.24) is 5.43 Å². The maximum absolute atomic E-state index is 9.76. The van der Waals surface area contributed by atoms with Gasteiger partial charge in [-0.1, -0.05) is 0 Å². The van der Waals surface area contributed by atoms with Gasteiger partial charge in [0, 0.05) is 0 Å². The van der Waals surface area contributed by atoms with E-state index < -0.39 is 5.28 Å². The number of aliphatic hydroxyl groups excluding tert-OH is 1. The molecule has 0 bridgehead atoms. The summed E-state index contributed by atoms with van der Waals surface area (Å²) in [6.45, 7) is 0.165. The Hall–Kier alpha value is -0.200. The summed E-state index contributed by atoms with van der Waals surface area (Å²) in [7, 11) is 0. The van der Waals surface area contributed by atoms with Crippen LogP contribution in [0.25, 0.3) is 0 Å². The number of quaternary nitrogens is 1. The van der Waals surface area contributed by atoms with Crippen LogP contribution in [0.3, 0.4) is 0 Å². The SMILES string of the molecule is N[NH+]([O-])NCCO. The summed E-state index contributed by atoms with van der Waals surface area (Å²) in [6.07, 6.45) is 0. The average Bonchev–Trinajstić information content (AvgIpc) is 1.61. The summed E-state index contributed by atoms with van der Waals surface area (Å²) in [4.78, 5) is 0. The van der Waals surface area contributed by atoms with E-state index in [9.17, 15) is 5.21 Å². The Balaban J connectivity index is 2.68. The number of rotatable bonds is 3. The molecule has 7 heavy (non-hydrogen) atoms. The largest absolute Gasteiger partial charge is 0.593 e. The van der Waals surface area contributed by atoms with Gasteiger partial charge in [-0.25, -0.2) is 5.28 Å². The summed E-state index contributed by atoms with van der Waals surface area (Å²) >= 11 is 0. The Morgan fingerprint density at radius 3 is 2.57 bits per heavy atom. The maximum atomic E-state index is 9.76. The van der Waals surface area contributed by atoms with Crippen LogP contribution in [0.1, 0.15) is 0 Å². The Bertz CT molecular complexity index is 39.9. The van der Waals surface area contributed by atoms with E-state index >= 15 is 0 Å². The highest BCUT2D eigenvalue weighted by molar-refractivity contribution is 4.22. The molecule has 44 valence electrons. The monoisotopic (exact) mass is 107 g/mol. The molecule has 0 saturated carbocycles. The molecule has 0 fully saturated rings. The highest BCUT2D eigenvalue weighted by atomic mass is 16.6. The molecule has 5 heteroatoms. The smallest absolute Gasteiger partial charge is 0.0700 e. The van der Waals surface area contributed by atoms with Crippen molar-refractivity contribution in [2.24, 2.45) is 5.84 Å². The Kier molecular flexibility index (Phi) is 3.86. The van der Waals surface area contributed by atoms with Crippen molar-refractivity contribution in [2.75, 3.05) is 13.2 Å². The zero-order valence-corrected chi connectivity index (χ0v) is 3.85. The average molecular weight is 107 g/mol. The third-order valence-electron chi connectivity index (χ3n) is 0.411. The number of nitrogens with one attached hydrogen (secondary N) is 2. The maximum Gasteiger partial charge on any atom is 0.0700 e. The van der Waals surface area contributed by atoms with Crippen LogP contribution in [0.15, 0.2) is 0 Å². The molecule has 0 rings (SSSR count). The van der Waals surface area contributed by atoms with Gasteiger partial charge < -0.3 is 10.3 Å². The van der Waals surface area contributed by atoms with E-state index in [4.69, 9.17) is 5.11 Å². The van der Waals surface area contributed by atoms with Gasteiger partial charge >= 0.3 is 0 Å². The number of nitrogens with two attached hydrogens (primary N) is 1. The molecule has 0 heterocycles. The molecule has 0 aliphatic carbocycles. The minimum absolute atomic E-state index is 0.0665. The molecule has 1 unspecified atom stereocenters. The van der Waals surface area contributed by atoms with Gasteiger partial charge in [-0.05, 0) is 0 Å². The van der Waals surface area contributed by atoms with E-state index in [2.05, 4.69) is 11.3 Å². The van der Waals surface area contributed by atoms with E-state index in [1.54, 1.807) is 0 Å². The van der Waals surface area contributed by atoms with Crippen molar-refractivity contribution in [3.8, 4) is 0 Å². The highest BCUT2D eigenvalue weighted by Gasteiger charge is 1.81. The lowest BCUT2D eigenvalue weighted by Crippen LogP contribution is -3.19. The molecule has 0 saturated heterocycles. The normalized spacial score (nSPS) is 14.1. The van der Waals surface area contributed by atoms with Crippen molar-refractivity contribution in [3.05, 3.63) is 5.21 Å². The quantitative estimate of drug-likeness (QED) is 0.225. The van der Waals surface area contributed by atoms with Crippen LogP contribution in [0.4, 0.5) is 0 Å². The molecular weight excluding hydrogens is 98.0 g/mol. The van der Waals surface area contributed by atoms with Crippen molar-refractivity contribution in [2.45, 2.75) is 0 Å². The zero-order chi connectivity index (χ0) is 5.70. The van der Waals surface area contributed by atoms with Crippen molar-refractivity contribution < 1.29 is 10.4 Å². The van der Waals surface area contributed by atoms with Crippen LogP contribution in [-0.2, 0) is 0 Å². The highest BCUT2D eigenvalue weighted by Crippen LogP contribution is 1.40. The lowest BCUT2D eigenvalue weighted by atomic mass is 10.7. The molecule has 0 radical (unpaired) electrons. The van der Waals surface area contributed by atoms with Crippen LogP contribution in [-0.4, -0.2) is 18.3 Å². The van der Waals surface area contributed by atoms with Gasteiger partial charge in [0.25, 0.3) is 0 Å². The number of hydrogen-bond donors (Lipinski definition) is 4. The topological polar surface area (TPSA) is 85.8 Å². The molecule has 0 aromatic carbocycles. The fraction of sp³-hybridized carbons (Fsp3) is 1.00. The summed E-state index contributed by atoms with van der Waals surface area (Å²) in [5.41, 5.74) is 2.18. The number of aliphatic hydroxyl groups is 1. The molecule has 1 atom stereocenters. The van der Waals surface area contributed by atoms with Gasteiger partial charge in [-0.2, -0.15) is 5.84 Å². The summed E-state index contributed by atoms with van der Waals surface area (Å²) in [5, 5.41) is 17.2. The molecule has 5 N–H and O–H groups in total. The van der Waals surface area contributed by atoms with Crippen LogP contribution in [0, 0.1) is 5.21 Å². The van der Waals surface area contributed by atoms with Crippen molar-refractivity contribution in [1.29, 1.82) is 0 Å². The van der Waals surface area contributed by atoms with Gasteiger partial charge in [0.15, 0.2) is 0 Å². The first kappa shape index (κ1) is 6.80. The van der Waals surface area contributed by atoms with Crippen LogP contribution in [0.5, 0.6) is 0 Å². The van der Waals surface area contributed by atoms with Crippen LogP contribution >= 0.6 is 0 Å². The van der Waals surface area contributed by atoms with Gasteiger partial charge in [-0.15, -0.1) is 5.43 Å². The van der Waals surface area contributed by atoms with E-state index in [0.29, 0.717) is 0 Å². The first-order valence-electron chi connectivity index (χ1n) is 1.91. The van der Waals surface area contributed by atoms with Crippen LogP contribution < -0.4 is 16.5 Å². The van der Waals surface area contributed by atoms with Crippen molar-refractivity contribution >= 4 is 0 Å². The third kappa shape index (κ3) is 5.80. The predicted octanol–water partition coefficient (Wildman–Crippen LogP) is -3.26. The minimum atomic E-state index is -0.603. The Morgan fingerprint density at radius 2 is 2.43 bits per heavy atom. The van der Waals surface area contributed by atoms with Crippen molar-refractivity contribution in [3.63, 3.8) is 0 Å². The minimum Gasteiger partial charge on any atom is -0.593 e.